The van der Waals surface area contributed by atoms with Crippen LogP contribution in [0.2, 0.25) is 0 Å². The van der Waals surface area contributed by atoms with Crippen LogP contribution in [0.5, 0.6) is 0 Å². The summed E-state index contributed by atoms with van der Waals surface area (Å²) in [5, 5.41) is 2.98. The Bertz CT molecular complexity index is 278. The van der Waals surface area contributed by atoms with Crippen molar-refractivity contribution in [2.24, 2.45) is 5.73 Å². The van der Waals surface area contributed by atoms with Gasteiger partial charge < -0.3 is 20.5 Å². The van der Waals surface area contributed by atoms with Gasteiger partial charge in [-0.25, -0.2) is 0 Å². The van der Waals surface area contributed by atoms with Gasteiger partial charge in [-0.1, -0.05) is 13.3 Å². The van der Waals surface area contributed by atoms with E-state index in [-0.39, 0.29) is 11.9 Å². The summed E-state index contributed by atoms with van der Waals surface area (Å²) in [5.41, 5.74) is 5.42. The molecule has 1 amide bonds. The number of rotatable bonds is 7. The molecule has 0 spiro atoms. The normalized spacial score (nSPS) is 21.7. The van der Waals surface area contributed by atoms with Crippen LogP contribution >= 0.6 is 0 Å². The Hall–Kier alpha value is -0.650. The third-order valence-corrected chi connectivity index (χ3v) is 3.68. The van der Waals surface area contributed by atoms with Crippen molar-refractivity contribution >= 4 is 5.91 Å². The highest BCUT2D eigenvalue weighted by Gasteiger charge is 2.35. The molecule has 5 heteroatoms. The fourth-order valence-electron chi connectivity index (χ4n) is 2.41. The van der Waals surface area contributed by atoms with Gasteiger partial charge in [-0.2, -0.15) is 0 Å². The number of hydrogen-bond acceptors (Lipinski definition) is 4. The second kappa shape index (κ2) is 7.82. The summed E-state index contributed by atoms with van der Waals surface area (Å²) >= 11 is 0. The van der Waals surface area contributed by atoms with Gasteiger partial charge in [-0.05, 0) is 20.3 Å². The van der Waals surface area contributed by atoms with E-state index in [1.165, 1.54) is 0 Å². The van der Waals surface area contributed by atoms with Crippen LogP contribution in [0.3, 0.4) is 0 Å². The fraction of sp³-hybridized carbons (Fsp3) is 0.929. The molecule has 1 saturated heterocycles. The van der Waals surface area contributed by atoms with Crippen molar-refractivity contribution in [3.63, 3.8) is 0 Å². The molecule has 3 N–H and O–H groups in total. The second-order valence-electron chi connectivity index (χ2n) is 5.46. The highest BCUT2D eigenvalue weighted by Crippen LogP contribution is 2.25. The molecule has 112 valence electrons. The number of carbonyl (C=O) groups is 1. The maximum absolute atomic E-state index is 12.1. The molecule has 0 aromatic carbocycles. The van der Waals surface area contributed by atoms with E-state index in [2.05, 4.69) is 12.2 Å². The second-order valence-corrected chi connectivity index (χ2v) is 5.46. The number of nitrogens with two attached hydrogens (primary N) is 1. The minimum Gasteiger partial charge on any atom is -0.381 e. The van der Waals surface area contributed by atoms with Crippen molar-refractivity contribution in [2.75, 3.05) is 19.8 Å². The fourth-order valence-corrected chi connectivity index (χ4v) is 2.41. The van der Waals surface area contributed by atoms with Gasteiger partial charge in [0, 0.05) is 38.6 Å². The van der Waals surface area contributed by atoms with Gasteiger partial charge in [0.05, 0.1) is 5.60 Å². The van der Waals surface area contributed by atoms with E-state index in [1.807, 2.05) is 6.92 Å². The van der Waals surface area contributed by atoms with Crippen LogP contribution in [-0.2, 0) is 14.3 Å². The first-order valence-electron chi connectivity index (χ1n) is 7.29. The van der Waals surface area contributed by atoms with E-state index >= 15 is 0 Å². The first-order chi connectivity index (χ1) is 9.03. The Morgan fingerprint density at radius 2 is 2.05 bits per heavy atom. The van der Waals surface area contributed by atoms with Crippen molar-refractivity contribution in [3.8, 4) is 0 Å². The summed E-state index contributed by atoms with van der Waals surface area (Å²) in [6, 6.07) is 0.187. The Labute approximate surface area is 116 Å². The maximum Gasteiger partial charge on any atom is 0.249 e. The van der Waals surface area contributed by atoms with E-state index in [1.54, 1.807) is 6.92 Å². The zero-order chi connectivity index (χ0) is 14.3. The Morgan fingerprint density at radius 3 is 2.58 bits per heavy atom. The van der Waals surface area contributed by atoms with E-state index in [9.17, 15) is 4.79 Å². The van der Waals surface area contributed by atoms with Crippen molar-refractivity contribution < 1.29 is 14.3 Å². The standard InChI is InChI=1S/C14H28N2O3/c1-4-5-11(2)16-13(17)12(3)19-14(10-15)6-8-18-9-7-14/h11-12H,4-10,15H2,1-3H3,(H,16,17). The minimum atomic E-state index is -0.471. The Morgan fingerprint density at radius 1 is 1.42 bits per heavy atom. The molecule has 5 nitrogen and oxygen atoms in total. The molecule has 0 aliphatic carbocycles. The first kappa shape index (κ1) is 16.4. The first-order valence-corrected chi connectivity index (χ1v) is 7.29. The van der Waals surface area contributed by atoms with E-state index in [4.69, 9.17) is 15.2 Å². The lowest BCUT2D eigenvalue weighted by Gasteiger charge is -2.38. The highest BCUT2D eigenvalue weighted by atomic mass is 16.5. The van der Waals surface area contributed by atoms with Gasteiger partial charge in [0.15, 0.2) is 0 Å². The molecule has 1 aliphatic heterocycles. The number of hydrogen-bond donors (Lipinski definition) is 2. The van der Waals surface area contributed by atoms with Gasteiger partial charge >= 0.3 is 0 Å². The molecule has 1 rings (SSSR count). The Kier molecular flexibility index (Phi) is 6.75. The third-order valence-electron chi connectivity index (χ3n) is 3.68. The van der Waals surface area contributed by atoms with Crippen LogP contribution in [0.1, 0.15) is 46.5 Å². The van der Waals surface area contributed by atoms with Gasteiger partial charge in [-0.3, -0.25) is 4.79 Å². The SMILES string of the molecule is CCCC(C)NC(=O)C(C)OC1(CN)CCOCC1. The largest absolute Gasteiger partial charge is 0.381 e. The zero-order valence-electron chi connectivity index (χ0n) is 12.4. The third kappa shape index (κ3) is 5.09. The molecule has 1 aliphatic rings. The van der Waals surface area contributed by atoms with Crippen molar-refractivity contribution in [3.05, 3.63) is 0 Å². The van der Waals surface area contributed by atoms with Gasteiger partial charge in [0.25, 0.3) is 0 Å². The smallest absolute Gasteiger partial charge is 0.249 e. The van der Waals surface area contributed by atoms with E-state index in [0.29, 0.717) is 19.8 Å². The summed E-state index contributed by atoms with van der Waals surface area (Å²) < 4.78 is 11.3. The van der Waals surface area contributed by atoms with Gasteiger partial charge in [0.2, 0.25) is 5.91 Å². The quantitative estimate of drug-likeness (QED) is 0.730. The van der Waals surface area contributed by atoms with E-state index in [0.717, 1.165) is 25.7 Å². The predicted octanol–water partition coefficient (Wildman–Crippen LogP) is 1.20. The summed E-state index contributed by atoms with van der Waals surface area (Å²) in [7, 11) is 0. The molecular weight excluding hydrogens is 244 g/mol. The van der Waals surface area contributed by atoms with Crippen LogP contribution in [0.4, 0.5) is 0 Å². The lowest BCUT2D eigenvalue weighted by atomic mass is 9.94. The predicted molar refractivity (Wildman–Crippen MR) is 74.9 cm³/mol. The molecule has 19 heavy (non-hydrogen) atoms. The lowest BCUT2D eigenvalue weighted by Crippen LogP contribution is -2.51. The molecule has 0 radical (unpaired) electrons. The van der Waals surface area contributed by atoms with Crippen molar-refractivity contribution in [1.82, 2.24) is 5.32 Å². The van der Waals surface area contributed by atoms with Crippen LogP contribution < -0.4 is 11.1 Å². The molecule has 2 unspecified atom stereocenters. The molecule has 0 aromatic rings. The highest BCUT2D eigenvalue weighted by molar-refractivity contribution is 5.80. The van der Waals surface area contributed by atoms with Gasteiger partial charge in [-0.15, -0.1) is 0 Å². The minimum absolute atomic E-state index is 0.0553. The van der Waals surface area contributed by atoms with E-state index < -0.39 is 11.7 Å². The maximum atomic E-state index is 12.1. The number of nitrogens with one attached hydrogen (secondary N) is 1. The monoisotopic (exact) mass is 272 g/mol. The average molecular weight is 272 g/mol. The summed E-state index contributed by atoms with van der Waals surface area (Å²) in [5.74, 6) is -0.0553. The number of carbonyl (C=O) groups excluding carboxylic acids is 1. The molecular formula is C14H28N2O3. The van der Waals surface area contributed by atoms with Crippen LogP contribution in [-0.4, -0.2) is 43.4 Å². The molecule has 2 atom stereocenters. The molecule has 0 saturated carbocycles. The zero-order valence-corrected chi connectivity index (χ0v) is 12.4. The van der Waals surface area contributed by atoms with Crippen LogP contribution in [0.25, 0.3) is 0 Å². The van der Waals surface area contributed by atoms with Crippen molar-refractivity contribution in [1.29, 1.82) is 0 Å². The molecule has 1 fully saturated rings. The molecule has 0 bridgehead atoms. The molecule has 1 heterocycles. The topological polar surface area (TPSA) is 73.6 Å². The van der Waals surface area contributed by atoms with Crippen LogP contribution in [0, 0.1) is 0 Å². The number of amides is 1. The van der Waals surface area contributed by atoms with Gasteiger partial charge in [0.1, 0.15) is 6.10 Å². The summed E-state index contributed by atoms with van der Waals surface area (Å²) in [6.45, 7) is 7.64. The number of ether oxygens (including phenoxy) is 2. The Balaban J connectivity index is 2.47. The summed E-state index contributed by atoms with van der Waals surface area (Å²) in [4.78, 5) is 12.1. The lowest BCUT2D eigenvalue weighted by molar-refractivity contribution is -0.158. The molecule has 0 aromatic heterocycles. The average Bonchev–Trinajstić information content (AvgIpc) is 2.40. The van der Waals surface area contributed by atoms with Crippen molar-refractivity contribution in [2.45, 2.75) is 64.2 Å². The summed E-state index contributed by atoms with van der Waals surface area (Å²) in [6.07, 6.45) is 3.08. The van der Waals surface area contributed by atoms with Crippen LogP contribution in [0.15, 0.2) is 0 Å².